The van der Waals surface area contributed by atoms with Gasteiger partial charge in [-0.15, -0.1) is 0 Å². The van der Waals surface area contributed by atoms with Crippen molar-refractivity contribution in [1.82, 2.24) is 14.8 Å². The first-order valence-electron chi connectivity index (χ1n) is 12.3. The predicted octanol–water partition coefficient (Wildman–Crippen LogP) is 2.30. The molecule has 35 heavy (non-hydrogen) atoms. The summed E-state index contributed by atoms with van der Waals surface area (Å²) in [7, 11) is 3.84. The van der Waals surface area contributed by atoms with Crippen LogP contribution in [0, 0.1) is 0 Å². The highest BCUT2D eigenvalue weighted by molar-refractivity contribution is 6.39. The number of piperidine rings is 1. The molecule has 3 N–H and O–H groups in total. The zero-order chi connectivity index (χ0) is 24.9. The maximum Gasteiger partial charge on any atom is 0.313 e. The Morgan fingerprint density at radius 1 is 1.14 bits per heavy atom. The largest absolute Gasteiger partial charge is 0.383 e. The van der Waals surface area contributed by atoms with Crippen molar-refractivity contribution in [3.63, 3.8) is 0 Å². The number of pyridine rings is 1. The smallest absolute Gasteiger partial charge is 0.313 e. The summed E-state index contributed by atoms with van der Waals surface area (Å²) < 4.78 is 5.62. The minimum Gasteiger partial charge on any atom is -0.383 e. The van der Waals surface area contributed by atoms with Crippen LogP contribution in [0.4, 0.5) is 17.2 Å². The number of anilines is 3. The fourth-order valence-corrected chi connectivity index (χ4v) is 4.87. The molecule has 1 aromatic carbocycles. The monoisotopic (exact) mass is 480 g/mol. The number of piperazine rings is 1. The zero-order valence-electron chi connectivity index (χ0n) is 20.9. The van der Waals surface area contributed by atoms with Gasteiger partial charge < -0.3 is 30.5 Å². The van der Waals surface area contributed by atoms with Gasteiger partial charge in [0, 0.05) is 45.5 Å². The molecular weight excluding hydrogens is 444 g/mol. The van der Waals surface area contributed by atoms with Gasteiger partial charge in [-0.25, -0.2) is 4.98 Å². The Hall–Kier alpha value is -3.17. The van der Waals surface area contributed by atoms with E-state index in [-0.39, 0.29) is 12.1 Å². The van der Waals surface area contributed by atoms with Gasteiger partial charge in [0.25, 0.3) is 0 Å². The maximum absolute atomic E-state index is 13.3. The molecule has 4 rings (SSSR count). The summed E-state index contributed by atoms with van der Waals surface area (Å²) in [5.74, 6) is -0.797. The van der Waals surface area contributed by atoms with Gasteiger partial charge in [0.2, 0.25) is 0 Å². The second-order valence-corrected chi connectivity index (χ2v) is 9.35. The van der Waals surface area contributed by atoms with Crippen LogP contribution in [0.25, 0.3) is 0 Å². The van der Waals surface area contributed by atoms with E-state index in [9.17, 15) is 9.59 Å². The number of aryl methyl sites for hydroxylation is 1. The van der Waals surface area contributed by atoms with Gasteiger partial charge in [-0.1, -0.05) is 19.1 Å². The molecule has 1 aromatic heterocycles. The molecule has 2 saturated heterocycles. The van der Waals surface area contributed by atoms with Gasteiger partial charge in [-0.05, 0) is 55.6 Å². The van der Waals surface area contributed by atoms with E-state index in [1.165, 1.54) is 11.9 Å². The fraction of sp³-hybridized carbons (Fsp3) is 0.500. The molecule has 2 aromatic rings. The summed E-state index contributed by atoms with van der Waals surface area (Å²) >= 11 is 0. The highest BCUT2D eigenvalue weighted by Gasteiger charge is 2.35. The lowest BCUT2D eigenvalue weighted by Gasteiger charge is -2.39. The Labute approximate surface area is 207 Å². The molecule has 0 spiro atoms. The first-order valence-corrected chi connectivity index (χ1v) is 12.3. The Bertz CT molecular complexity index is 1040. The van der Waals surface area contributed by atoms with E-state index in [0.29, 0.717) is 37.3 Å². The van der Waals surface area contributed by atoms with Crippen LogP contribution in [0.5, 0.6) is 0 Å². The number of nitrogens with one attached hydrogen (secondary N) is 1. The van der Waals surface area contributed by atoms with E-state index in [4.69, 9.17) is 10.5 Å². The van der Waals surface area contributed by atoms with Crippen molar-refractivity contribution in [1.29, 1.82) is 0 Å². The second kappa shape index (κ2) is 11.0. The van der Waals surface area contributed by atoms with Crippen molar-refractivity contribution >= 4 is 29.0 Å². The van der Waals surface area contributed by atoms with Gasteiger partial charge in [-0.3, -0.25) is 9.59 Å². The summed E-state index contributed by atoms with van der Waals surface area (Å²) in [6.07, 6.45) is 3.54. The normalized spacial score (nSPS) is 21.1. The number of carbonyl (C=O) groups excluding carboxylic acids is 2. The number of nitrogens with two attached hydrogens (primary N) is 1. The van der Waals surface area contributed by atoms with Crippen molar-refractivity contribution in [2.75, 3.05) is 62.8 Å². The first-order chi connectivity index (χ1) is 16.9. The minimum absolute atomic E-state index is 0.0397. The highest BCUT2D eigenvalue weighted by atomic mass is 16.5. The predicted molar refractivity (Wildman–Crippen MR) is 137 cm³/mol. The number of likely N-dealkylation sites (N-methyl/N-ethyl adjacent to an activating group) is 1. The summed E-state index contributed by atoms with van der Waals surface area (Å²) in [6, 6.07) is 9.92. The van der Waals surface area contributed by atoms with Crippen LogP contribution in [-0.2, 0) is 20.7 Å². The van der Waals surface area contributed by atoms with Crippen molar-refractivity contribution in [3.05, 3.63) is 47.7 Å². The van der Waals surface area contributed by atoms with Crippen LogP contribution < -0.4 is 16.0 Å². The maximum atomic E-state index is 13.3. The zero-order valence-corrected chi connectivity index (χ0v) is 20.9. The molecule has 188 valence electrons. The number of methoxy groups -OCH3 is 1. The molecule has 0 radical (unpaired) electrons. The highest BCUT2D eigenvalue weighted by Crippen LogP contribution is 2.33. The molecule has 2 atom stereocenters. The first kappa shape index (κ1) is 24.9. The van der Waals surface area contributed by atoms with Crippen molar-refractivity contribution in [2.45, 2.75) is 38.3 Å². The third kappa shape index (κ3) is 5.74. The van der Waals surface area contributed by atoms with Crippen molar-refractivity contribution in [3.8, 4) is 0 Å². The van der Waals surface area contributed by atoms with Gasteiger partial charge in [0.05, 0.1) is 24.0 Å². The Morgan fingerprint density at radius 2 is 1.86 bits per heavy atom. The number of aromatic nitrogens is 1. The number of nitrogens with zero attached hydrogens (tertiary/aromatic N) is 4. The molecule has 3 heterocycles. The number of hydrogen-bond acceptors (Lipinski definition) is 7. The van der Waals surface area contributed by atoms with Gasteiger partial charge in [0.1, 0.15) is 5.82 Å². The number of hydrogen-bond donors (Lipinski definition) is 2. The van der Waals surface area contributed by atoms with E-state index in [0.717, 1.165) is 37.3 Å². The average Bonchev–Trinajstić information content (AvgIpc) is 2.89. The SMILES string of the molecule is CCc1cc(NC(=O)C(=O)N2CCC(OC)C[C@H]2c2ccc(N3CCN(C)CC3)cc2)cnc1N. The summed E-state index contributed by atoms with van der Waals surface area (Å²) in [6.45, 7) is 6.49. The van der Waals surface area contributed by atoms with E-state index >= 15 is 0 Å². The molecular formula is C26H36N6O3. The van der Waals surface area contributed by atoms with Crippen molar-refractivity contribution < 1.29 is 14.3 Å². The summed E-state index contributed by atoms with van der Waals surface area (Å²) in [5, 5.41) is 2.70. The molecule has 0 aliphatic carbocycles. The molecule has 2 fully saturated rings. The minimum atomic E-state index is -0.673. The number of amides is 2. The van der Waals surface area contributed by atoms with Crippen LogP contribution >= 0.6 is 0 Å². The second-order valence-electron chi connectivity index (χ2n) is 9.35. The van der Waals surface area contributed by atoms with E-state index < -0.39 is 11.8 Å². The molecule has 2 aliphatic rings. The van der Waals surface area contributed by atoms with Crippen LogP contribution in [0.3, 0.4) is 0 Å². The average molecular weight is 481 g/mol. The van der Waals surface area contributed by atoms with Gasteiger partial charge in [0.15, 0.2) is 0 Å². The van der Waals surface area contributed by atoms with E-state index in [1.54, 1.807) is 18.1 Å². The number of rotatable bonds is 5. The lowest BCUT2D eigenvalue weighted by molar-refractivity contribution is -0.147. The van der Waals surface area contributed by atoms with E-state index in [2.05, 4.69) is 51.4 Å². The lowest BCUT2D eigenvalue weighted by Crippen LogP contribution is -2.47. The molecule has 9 heteroatoms. The molecule has 0 bridgehead atoms. The molecule has 2 aliphatic heterocycles. The Morgan fingerprint density at radius 3 is 2.51 bits per heavy atom. The standard InChI is InChI=1S/C26H36N6O3/c1-4-18-15-20(17-28-24(18)27)29-25(33)26(34)32-10-9-22(35-3)16-23(32)19-5-7-21(8-6-19)31-13-11-30(2)12-14-31/h5-8,15,17,22-23H,4,9-14,16H2,1-3H3,(H2,27,28)(H,29,33)/t22?,23-/m0/s1. The van der Waals surface area contributed by atoms with Crippen LogP contribution in [0.1, 0.15) is 36.9 Å². The molecule has 2 amide bonds. The molecule has 1 unspecified atom stereocenters. The number of nitrogen functional groups attached to an aromatic ring is 1. The molecule has 9 nitrogen and oxygen atoms in total. The quantitative estimate of drug-likeness (QED) is 0.633. The Balaban J connectivity index is 1.49. The van der Waals surface area contributed by atoms with Crippen molar-refractivity contribution in [2.24, 2.45) is 0 Å². The summed E-state index contributed by atoms with van der Waals surface area (Å²) in [5.41, 5.74) is 9.35. The third-order valence-electron chi connectivity index (χ3n) is 7.13. The summed E-state index contributed by atoms with van der Waals surface area (Å²) in [4.78, 5) is 36.7. The van der Waals surface area contributed by atoms with Gasteiger partial charge >= 0.3 is 11.8 Å². The lowest BCUT2D eigenvalue weighted by atomic mass is 9.92. The van der Waals surface area contributed by atoms with Crippen LogP contribution in [0.2, 0.25) is 0 Å². The number of benzene rings is 1. The topological polar surface area (TPSA) is 104 Å². The third-order valence-corrected chi connectivity index (χ3v) is 7.13. The van der Waals surface area contributed by atoms with E-state index in [1.807, 2.05) is 6.92 Å². The number of carbonyl (C=O) groups is 2. The van der Waals surface area contributed by atoms with Gasteiger partial charge in [-0.2, -0.15) is 0 Å². The van der Waals surface area contributed by atoms with Crippen LogP contribution in [-0.4, -0.2) is 79.6 Å². The molecule has 0 saturated carbocycles. The number of likely N-dealkylation sites (tertiary alicyclic amines) is 1. The number of ether oxygens (including phenoxy) is 1. The Kier molecular flexibility index (Phi) is 7.87. The van der Waals surface area contributed by atoms with Crippen LogP contribution in [0.15, 0.2) is 36.5 Å². The fourth-order valence-electron chi connectivity index (χ4n) is 4.87.